The zero-order valence-corrected chi connectivity index (χ0v) is 11.6. The van der Waals surface area contributed by atoms with E-state index in [9.17, 15) is 4.79 Å². The Morgan fingerprint density at radius 1 is 1.33 bits per heavy atom. The van der Waals surface area contributed by atoms with Crippen LogP contribution in [0.1, 0.15) is 67.4 Å². The quantitative estimate of drug-likeness (QED) is 0.750. The average molecular weight is 246 g/mol. The van der Waals surface area contributed by atoms with E-state index in [0.717, 1.165) is 37.2 Å². The molecule has 0 saturated carbocycles. The molecule has 1 aliphatic rings. The Kier molecular flexibility index (Phi) is 4.05. The van der Waals surface area contributed by atoms with Crippen LogP contribution in [-0.4, -0.2) is 12.4 Å². The topological polar surface area (TPSA) is 26.3 Å². The van der Waals surface area contributed by atoms with Crippen molar-refractivity contribution >= 4 is 5.78 Å². The van der Waals surface area contributed by atoms with Gasteiger partial charge in [-0.2, -0.15) is 0 Å². The molecule has 0 radical (unpaired) electrons. The highest BCUT2D eigenvalue weighted by Gasteiger charge is 2.18. The van der Waals surface area contributed by atoms with Crippen LogP contribution in [0.3, 0.4) is 0 Å². The molecular formula is C16H22O2. The Bertz CT molecular complexity index is 447. The van der Waals surface area contributed by atoms with Crippen LogP contribution in [0.4, 0.5) is 0 Å². The number of ketones is 1. The van der Waals surface area contributed by atoms with Crippen molar-refractivity contribution in [3.8, 4) is 5.75 Å². The van der Waals surface area contributed by atoms with Crippen LogP contribution in [0.2, 0.25) is 0 Å². The minimum absolute atomic E-state index is 0.226. The summed E-state index contributed by atoms with van der Waals surface area (Å²) in [5.74, 6) is 1.65. The molecule has 0 amide bonds. The Morgan fingerprint density at radius 3 is 2.78 bits per heavy atom. The first-order valence-electron chi connectivity index (χ1n) is 6.96. The van der Waals surface area contributed by atoms with Gasteiger partial charge >= 0.3 is 0 Å². The van der Waals surface area contributed by atoms with E-state index in [-0.39, 0.29) is 5.78 Å². The lowest BCUT2D eigenvalue weighted by Crippen LogP contribution is -2.05. The molecule has 2 nitrogen and oxygen atoms in total. The molecular weight excluding hydrogens is 224 g/mol. The van der Waals surface area contributed by atoms with Gasteiger partial charge in [-0.1, -0.05) is 20.8 Å². The second kappa shape index (κ2) is 5.55. The van der Waals surface area contributed by atoms with Crippen LogP contribution in [0.5, 0.6) is 5.75 Å². The van der Waals surface area contributed by atoms with Gasteiger partial charge in [-0.05, 0) is 48.4 Å². The summed E-state index contributed by atoms with van der Waals surface area (Å²) in [6, 6.07) is 4.07. The van der Waals surface area contributed by atoms with Crippen LogP contribution >= 0.6 is 0 Å². The first kappa shape index (κ1) is 13.1. The highest BCUT2D eigenvalue weighted by atomic mass is 16.5. The third-order valence-electron chi connectivity index (χ3n) is 3.55. The Hall–Kier alpha value is -1.31. The number of carbonyl (C=O) groups excluding carboxylic acids is 1. The lowest BCUT2D eigenvalue weighted by molar-refractivity contribution is 0.0988. The molecule has 2 heteroatoms. The van der Waals surface area contributed by atoms with E-state index in [2.05, 4.69) is 13.8 Å². The maximum absolute atomic E-state index is 11.9. The van der Waals surface area contributed by atoms with Crippen molar-refractivity contribution in [2.45, 2.75) is 52.4 Å². The van der Waals surface area contributed by atoms with E-state index < -0.39 is 0 Å². The molecule has 0 saturated heterocycles. The van der Waals surface area contributed by atoms with E-state index in [1.807, 2.05) is 19.1 Å². The van der Waals surface area contributed by atoms with Crippen LogP contribution < -0.4 is 4.74 Å². The summed E-state index contributed by atoms with van der Waals surface area (Å²) in [5, 5.41) is 0. The van der Waals surface area contributed by atoms with Crippen molar-refractivity contribution in [3.05, 3.63) is 28.8 Å². The summed E-state index contributed by atoms with van der Waals surface area (Å²) in [4.78, 5) is 11.9. The summed E-state index contributed by atoms with van der Waals surface area (Å²) >= 11 is 0. The van der Waals surface area contributed by atoms with Crippen molar-refractivity contribution in [2.24, 2.45) is 0 Å². The fourth-order valence-corrected chi connectivity index (χ4v) is 2.46. The molecule has 98 valence electrons. The highest BCUT2D eigenvalue weighted by molar-refractivity contribution is 5.96. The van der Waals surface area contributed by atoms with Gasteiger partial charge in [-0.15, -0.1) is 0 Å². The smallest absolute Gasteiger partial charge is 0.162 e. The summed E-state index contributed by atoms with van der Waals surface area (Å²) < 4.78 is 5.90. The molecule has 1 heterocycles. The number of carbonyl (C=O) groups is 1. The third-order valence-corrected chi connectivity index (χ3v) is 3.55. The Morgan fingerprint density at radius 2 is 2.11 bits per heavy atom. The van der Waals surface area contributed by atoms with Gasteiger partial charge < -0.3 is 4.74 Å². The van der Waals surface area contributed by atoms with Gasteiger partial charge in [0.05, 0.1) is 6.61 Å². The predicted octanol–water partition coefficient (Wildman–Crippen LogP) is 4.12. The maximum Gasteiger partial charge on any atom is 0.162 e. The molecule has 0 N–H and O–H groups in total. The van der Waals surface area contributed by atoms with Gasteiger partial charge in [0.2, 0.25) is 0 Å². The largest absolute Gasteiger partial charge is 0.493 e. The SMILES string of the molecule is CCC(=O)c1cc2c(c(C(C)C)c1)OCCCC2. The Balaban J connectivity index is 2.52. The van der Waals surface area contributed by atoms with Gasteiger partial charge in [-0.25, -0.2) is 0 Å². The summed E-state index contributed by atoms with van der Waals surface area (Å²) in [7, 11) is 0. The van der Waals surface area contributed by atoms with Gasteiger partial charge in [0.15, 0.2) is 5.78 Å². The van der Waals surface area contributed by atoms with E-state index >= 15 is 0 Å². The number of benzene rings is 1. The van der Waals surface area contributed by atoms with Crippen LogP contribution in [0.25, 0.3) is 0 Å². The third kappa shape index (κ3) is 2.58. The van der Waals surface area contributed by atoms with Crippen molar-refractivity contribution in [1.82, 2.24) is 0 Å². The maximum atomic E-state index is 11.9. The molecule has 0 spiro atoms. The van der Waals surface area contributed by atoms with Crippen LogP contribution in [0.15, 0.2) is 12.1 Å². The summed E-state index contributed by atoms with van der Waals surface area (Å²) in [6.45, 7) is 7.03. The van der Waals surface area contributed by atoms with Gasteiger partial charge in [0.1, 0.15) is 5.75 Å². The molecule has 0 aliphatic carbocycles. The van der Waals surface area contributed by atoms with Gasteiger partial charge in [0, 0.05) is 12.0 Å². The Labute approximate surface area is 109 Å². The predicted molar refractivity (Wildman–Crippen MR) is 73.6 cm³/mol. The molecule has 18 heavy (non-hydrogen) atoms. The number of fused-ring (bicyclic) bond motifs is 1. The minimum atomic E-state index is 0.226. The molecule has 1 aromatic carbocycles. The number of Topliss-reactive ketones (excluding diaryl/α,β-unsaturated/α-hetero) is 1. The minimum Gasteiger partial charge on any atom is -0.493 e. The molecule has 0 bridgehead atoms. The number of rotatable bonds is 3. The van der Waals surface area contributed by atoms with E-state index in [0.29, 0.717) is 12.3 Å². The zero-order valence-electron chi connectivity index (χ0n) is 11.6. The molecule has 2 rings (SSSR count). The standard InChI is InChI=1S/C16H22O2/c1-4-15(17)13-9-12-7-5-6-8-18-16(12)14(10-13)11(2)3/h9-11H,4-8H2,1-3H3. The van der Waals surface area contributed by atoms with Gasteiger partial charge in [-0.3, -0.25) is 4.79 Å². The monoisotopic (exact) mass is 246 g/mol. The van der Waals surface area contributed by atoms with E-state index in [4.69, 9.17) is 4.74 Å². The number of hydrogen-bond acceptors (Lipinski definition) is 2. The van der Waals surface area contributed by atoms with Crippen molar-refractivity contribution in [1.29, 1.82) is 0 Å². The summed E-state index contributed by atoms with van der Waals surface area (Å²) in [5.41, 5.74) is 3.26. The molecule has 0 unspecified atom stereocenters. The molecule has 0 fully saturated rings. The zero-order chi connectivity index (χ0) is 13.1. The second-order valence-electron chi connectivity index (χ2n) is 5.29. The van der Waals surface area contributed by atoms with Crippen molar-refractivity contribution in [3.63, 3.8) is 0 Å². The number of aryl methyl sites for hydroxylation is 1. The first-order valence-corrected chi connectivity index (χ1v) is 6.96. The molecule has 0 aromatic heterocycles. The number of ether oxygens (including phenoxy) is 1. The van der Waals surface area contributed by atoms with Crippen LogP contribution in [-0.2, 0) is 6.42 Å². The second-order valence-corrected chi connectivity index (χ2v) is 5.29. The highest BCUT2D eigenvalue weighted by Crippen LogP contribution is 2.34. The lowest BCUT2D eigenvalue weighted by atomic mass is 9.92. The lowest BCUT2D eigenvalue weighted by Gasteiger charge is -2.17. The van der Waals surface area contributed by atoms with Crippen molar-refractivity contribution < 1.29 is 9.53 Å². The summed E-state index contributed by atoms with van der Waals surface area (Å²) in [6.07, 6.45) is 3.84. The van der Waals surface area contributed by atoms with Gasteiger partial charge in [0.25, 0.3) is 0 Å². The fourth-order valence-electron chi connectivity index (χ4n) is 2.46. The van der Waals surface area contributed by atoms with E-state index in [1.165, 1.54) is 11.1 Å². The molecule has 1 aliphatic heterocycles. The fraction of sp³-hybridized carbons (Fsp3) is 0.562. The molecule has 0 atom stereocenters. The van der Waals surface area contributed by atoms with Crippen molar-refractivity contribution in [2.75, 3.05) is 6.61 Å². The number of hydrogen-bond donors (Lipinski definition) is 0. The average Bonchev–Trinajstić information content (AvgIpc) is 2.61. The van der Waals surface area contributed by atoms with E-state index in [1.54, 1.807) is 0 Å². The molecule has 1 aromatic rings. The first-order chi connectivity index (χ1) is 8.63. The van der Waals surface area contributed by atoms with Crippen LogP contribution in [0, 0.1) is 0 Å². The normalized spacial score (nSPS) is 14.9.